The molecule has 0 aliphatic heterocycles. The minimum Gasteiger partial charge on any atom is -0.464 e. The molecule has 108 valence electrons. The molecule has 0 fully saturated rings. The van der Waals surface area contributed by atoms with Gasteiger partial charge >= 0.3 is 6.01 Å². The second kappa shape index (κ2) is 7.08. The lowest BCUT2D eigenvalue weighted by molar-refractivity contribution is 0.251. The van der Waals surface area contributed by atoms with E-state index in [4.69, 9.17) is 9.84 Å². The van der Waals surface area contributed by atoms with Gasteiger partial charge in [-0.2, -0.15) is 15.0 Å². The van der Waals surface area contributed by atoms with Crippen molar-refractivity contribution in [2.75, 3.05) is 30.9 Å². The monoisotopic (exact) mass is 269 g/mol. The summed E-state index contributed by atoms with van der Waals surface area (Å²) in [6.45, 7) is 6.55. The van der Waals surface area contributed by atoms with Crippen LogP contribution >= 0.6 is 0 Å². The van der Waals surface area contributed by atoms with Gasteiger partial charge in [0.05, 0.1) is 6.61 Å². The van der Waals surface area contributed by atoms with Crippen LogP contribution in [0.1, 0.15) is 33.6 Å². The predicted octanol–water partition coefficient (Wildman–Crippen LogP) is 1.27. The van der Waals surface area contributed by atoms with Gasteiger partial charge in [0.2, 0.25) is 11.9 Å². The highest BCUT2D eigenvalue weighted by Crippen LogP contribution is 2.21. The van der Waals surface area contributed by atoms with Gasteiger partial charge in [0.1, 0.15) is 0 Å². The molecule has 1 aromatic heterocycles. The molecule has 0 radical (unpaired) electrons. The fourth-order valence-electron chi connectivity index (χ4n) is 1.56. The van der Waals surface area contributed by atoms with E-state index < -0.39 is 0 Å². The zero-order valence-electron chi connectivity index (χ0n) is 12.0. The third-order valence-electron chi connectivity index (χ3n) is 2.97. The van der Waals surface area contributed by atoms with Crippen molar-refractivity contribution in [2.24, 2.45) is 0 Å². The fraction of sp³-hybridized carbons (Fsp3) is 0.750. The van der Waals surface area contributed by atoms with Crippen molar-refractivity contribution in [2.45, 2.75) is 39.2 Å². The van der Waals surface area contributed by atoms with Crippen LogP contribution in [0, 0.1) is 0 Å². The van der Waals surface area contributed by atoms with Gasteiger partial charge in [-0.15, -0.1) is 0 Å². The molecule has 1 rings (SSSR count). The van der Waals surface area contributed by atoms with Crippen LogP contribution < -0.4 is 15.4 Å². The van der Waals surface area contributed by atoms with Crippen molar-refractivity contribution in [1.29, 1.82) is 0 Å². The van der Waals surface area contributed by atoms with E-state index in [0.717, 1.165) is 6.42 Å². The van der Waals surface area contributed by atoms with Crippen molar-refractivity contribution in [1.82, 2.24) is 15.0 Å². The Morgan fingerprint density at radius 3 is 2.42 bits per heavy atom. The van der Waals surface area contributed by atoms with Gasteiger partial charge in [-0.25, -0.2) is 0 Å². The van der Waals surface area contributed by atoms with Crippen LogP contribution in [-0.2, 0) is 0 Å². The molecule has 1 unspecified atom stereocenters. The van der Waals surface area contributed by atoms with E-state index in [1.807, 2.05) is 20.8 Å². The fourth-order valence-corrected chi connectivity index (χ4v) is 1.56. The van der Waals surface area contributed by atoms with Crippen LogP contribution in [0.2, 0.25) is 0 Å². The lowest BCUT2D eigenvalue weighted by atomic mass is 9.95. The average Bonchev–Trinajstić information content (AvgIpc) is 2.39. The molecule has 0 spiro atoms. The number of nitrogens with one attached hydrogen (secondary N) is 2. The first kappa shape index (κ1) is 15.4. The lowest BCUT2D eigenvalue weighted by Gasteiger charge is -2.29. The molecule has 0 aliphatic rings. The number of anilines is 2. The maximum Gasteiger partial charge on any atom is 0.323 e. The van der Waals surface area contributed by atoms with Gasteiger partial charge < -0.3 is 20.5 Å². The van der Waals surface area contributed by atoms with Gasteiger partial charge in [-0.1, -0.05) is 6.92 Å². The summed E-state index contributed by atoms with van der Waals surface area (Å²) in [6.07, 6.45) is 1.46. The second-order valence-electron chi connectivity index (χ2n) is 4.46. The Balaban J connectivity index is 2.95. The van der Waals surface area contributed by atoms with E-state index in [1.165, 1.54) is 0 Å². The Hall–Kier alpha value is -1.63. The number of aliphatic hydroxyl groups excluding tert-OH is 1. The standard InChI is InChI=1S/C12H23N5O2/c1-5-12(3,7-8-18)17-10-14-9(13-4)15-11(16-10)19-6-2/h18H,5-8H2,1-4H3,(H2,13,14,15,16,17). The van der Waals surface area contributed by atoms with Crippen molar-refractivity contribution in [3.63, 3.8) is 0 Å². The number of hydrogen-bond acceptors (Lipinski definition) is 7. The quantitative estimate of drug-likeness (QED) is 0.654. The van der Waals surface area contributed by atoms with Crippen molar-refractivity contribution < 1.29 is 9.84 Å². The molecule has 0 bridgehead atoms. The molecule has 0 saturated heterocycles. The van der Waals surface area contributed by atoms with E-state index in [2.05, 4.69) is 25.6 Å². The van der Waals surface area contributed by atoms with Crippen molar-refractivity contribution >= 4 is 11.9 Å². The summed E-state index contributed by atoms with van der Waals surface area (Å²) in [5.74, 6) is 0.893. The zero-order chi connectivity index (χ0) is 14.3. The summed E-state index contributed by atoms with van der Waals surface area (Å²) in [5, 5.41) is 15.2. The summed E-state index contributed by atoms with van der Waals surface area (Å²) in [5.41, 5.74) is -0.259. The lowest BCUT2D eigenvalue weighted by Crippen LogP contribution is -2.36. The molecule has 1 heterocycles. The van der Waals surface area contributed by atoms with Crippen LogP contribution in [0.3, 0.4) is 0 Å². The van der Waals surface area contributed by atoms with Gasteiger partial charge in [0, 0.05) is 19.2 Å². The van der Waals surface area contributed by atoms with Gasteiger partial charge in [0.15, 0.2) is 0 Å². The maximum absolute atomic E-state index is 9.12. The summed E-state index contributed by atoms with van der Waals surface area (Å²) >= 11 is 0. The molecule has 0 aliphatic carbocycles. The summed E-state index contributed by atoms with van der Waals surface area (Å²) in [7, 11) is 1.74. The first-order valence-corrected chi connectivity index (χ1v) is 6.52. The number of rotatable bonds is 8. The molecule has 1 aromatic rings. The highest BCUT2D eigenvalue weighted by atomic mass is 16.5. The highest BCUT2D eigenvalue weighted by molar-refractivity contribution is 5.37. The first-order valence-electron chi connectivity index (χ1n) is 6.52. The second-order valence-corrected chi connectivity index (χ2v) is 4.46. The van der Waals surface area contributed by atoms with Crippen LogP contribution in [0.15, 0.2) is 0 Å². The van der Waals surface area contributed by atoms with Gasteiger partial charge in [-0.3, -0.25) is 0 Å². The molecule has 7 heteroatoms. The molecule has 3 N–H and O–H groups in total. The van der Waals surface area contributed by atoms with Crippen molar-refractivity contribution in [3.05, 3.63) is 0 Å². The van der Waals surface area contributed by atoms with E-state index >= 15 is 0 Å². The molecular weight excluding hydrogens is 246 g/mol. The third kappa shape index (κ3) is 4.51. The van der Waals surface area contributed by atoms with Crippen LogP contribution in [0.25, 0.3) is 0 Å². The summed E-state index contributed by atoms with van der Waals surface area (Å²) in [6, 6.07) is 0.284. The summed E-state index contributed by atoms with van der Waals surface area (Å²) < 4.78 is 5.31. The first-order chi connectivity index (χ1) is 9.06. The molecule has 7 nitrogen and oxygen atoms in total. The largest absolute Gasteiger partial charge is 0.464 e. The van der Waals surface area contributed by atoms with Gasteiger partial charge in [-0.05, 0) is 26.7 Å². The Kier molecular flexibility index (Phi) is 5.75. The van der Waals surface area contributed by atoms with E-state index in [9.17, 15) is 0 Å². The third-order valence-corrected chi connectivity index (χ3v) is 2.97. The average molecular weight is 269 g/mol. The molecule has 19 heavy (non-hydrogen) atoms. The Morgan fingerprint density at radius 1 is 1.21 bits per heavy atom. The predicted molar refractivity (Wildman–Crippen MR) is 74.6 cm³/mol. The number of aliphatic hydroxyl groups is 1. The minimum atomic E-state index is -0.259. The normalized spacial score (nSPS) is 13.7. The topological polar surface area (TPSA) is 92.2 Å². The number of hydrogen-bond donors (Lipinski definition) is 3. The molecule has 0 saturated carbocycles. The molecule has 0 aromatic carbocycles. The smallest absolute Gasteiger partial charge is 0.323 e. The van der Waals surface area contributed by atoms with E-state index in [1.54, 1.807) is 7.05 Å². The molecule has 0 amide bonds. The zero-order valence-corrected chi connectivity index (χ0v) is 12.0. The Bertz CT molecular complexity index is 402. The van der Waals surface area contributed by atoms with Crippen LogP contribution in [-0.4, -0.2) is 45.9 Å². The van der Waals surface area contributed by atoms with Crippen molar-refractivity contribution in [3.8, 4) is 6.01 Å². The minimum absolute atomic E-state index is 0.111. The molecular formula is C12H23N5O2. The Morgan fingerprint density at radius 2 is 1.89 bits per heavy atom. The Labute approximate surface area is 113 Å². The van der Waals surface area contributed by atoms with Crippen LogP contribution in [0.5, 0.6) is 6.01 Å². The SMILES string of the molecule is CCOc1nc(NC)nc(NC(C)(CC)CCO)n1. The summed E-state index contributed by atoms with van der Waals surface area (Å²) in [4.78, 5) is 12.6. The maximum atomic E-state index is 9.12. The molecule has 1 atom stereocenters. The number of ether oxygens (including phenoxy) is 1. The van der Waals surface area contributed by atoms with E-state index in [0.29, 0.717) is 24.9 Å². The van der Waals surface area contributed by atoms with E-state index in [-0.39, 0.29) is 18.2 Å². The number of nitrogens with zero attached hydrogens (tertiary/aromatic N) is 3. The van der Waals surface area contributed by atoms with Crippen LogP contribution in [0.4, 0.5) is 11.9 Å². The number of aromatic nitrogens is 3. The highest BCUT2D eigenvalue weighted by Gasteiger charge is 2.23. The van der Waals surface area contributed by atoms with Gasteiger partial charge in [0.25, 0.3) is 0 Å².